The molecule has 1 aliphatic carbocycles. The summed E-state index contributed by atoms with van der Waals surface area (Å²) >= 11 is 1.79. The van der Waals surface area contributed by atoms with E-state index in [9.17, 15) is 4.79 Å². The van der Waals surface area contributed by atoms with Gasteiger partial charge in [-0.15, -0.1) is 5.10 Å². The van der Waals surface area contributed by atoms with Gasteiger partial charge in [-0.2, -0.15) is 16.7 Å². The standard InChI is InChI=1S/C14H18N4OS/c1-14(2,20-3)10-6-7-18-11(8-10)15-13(17-18)16-12(19)9-4-5-9/h6-9H,4-5H2,1-3H3,(H,16,17,19). The van der Waals surface area contributed by atoms with E-state index >= 15 is 0 Å². The minimum Gasteiger partial charge on any atom is -0.293 e. The number of carbonyl (C=O) groups excluding carboxylic acids is 1. The third-order valence-electron chi connectivity index (χ3n) is 3.73. The van der Waals surface area contributed by atoms with E-state index in [1.54, 1.807) is 16.3 Å². The fourth-order valence-corrected chi connectivity index (χ4v) is 2.35. The smallest absolute Gasteiger partial charge is 0.249 e. The number of carbonyl (C=O) groups is 1. The number of rotatable bonds is 4. The lowest BCUT2D eigenvalue weighted by atomic mass is 10.0. The van der Waals surface area contributed by atoms with Crippen molar-refractivity contribution in [1.29, 1.82) is 0 Å². The SMILES string of the molecule is CSC(C)(C)c1ccn2nc(NC(=O)C3CC3)nc2c1. The van der Waals surface area contributed by atoms with Crippen molar-refractivity contribution in [2.45, 2.75) is 31.4 Å². The van der Waals surface area contributed by atoms with Crippen LogP contribution in [-0.2, 0) is 9.54 Å². The largest absolute Gasteiger partial charge is 0.293 e. The van der Waals surface area contributed by atoms with Gasteiger partial charge in [-0.3, -0.25) is 10.1 Å². The number of thioether (sulfide) groups is 1. The number of hydrogen-bond acceptors (Lipinski definition) is 4. The van der Waals surface area contributed by atoms with Gasteiger partial charge in [-0.25, -0.2) is 4.52 Å². The molecule has 0 unspecified atom stereocenters. The van der Waals surface area contributed by atoms with Crippen molar-refractivity contribution < 1.29 is 4.79 Å². The molecule has 0 atom stereocenters. The van der Waals surface area contributed by atoms with Crippen LogP contribution >= 0.6 is 11.8 Å². The first-order valence-corrected chi connectivity index (χ1v) is 7.95. The lowest BCUT2D eigenvalue weighted by Gasteiger charge is -2.22. The maximum absolute atomic E-state index is 11.7. The van der Waals surface area contributed by atoms with E-state index in [2.05, 4.69) is 35.5 Å². The summed E-state index contributed by atoms with van der Waals surface area (Å²) in [4.78, 5) is 16.1. The summed E-state index contributed by atoms with van der Waals surface area (Å²) in [5.41, 5.74) is 1.96. The molecule has 1 amide bonds. The van der Waals surface area contributed by atoms with Crippen LogP contribution in [0.2, 0.25) is 0 Å². The first-order chi connectivity index (χ1) is 9.49. The Morgan fingerprint density at radius 2 is 2.25 bits per heavy atom. The Hall–Kier alpha value is -1.56. The fraction of sp³-hybridized carbons (Fsp3) is 0.500. The molecule has 0 saturated heterocycles. The Bertz CT molecular complexity index is 660. The first kappa shape index (κ1) is 13.4. The molecule has 0 radical (unpaired) electrons. The van der Waals surface area contributed by atoms with Crippen LogP contribution in [0.1, 0.15) is 32.3 Å². The lowest BCUT2D eigenvalue weighted by molar-refractivity contribution is -0.117. The van der Waals surface area contributed by atoms with Crippen LogP contribution in [0.25, 0.3) is 5.65 Å². The molecule has 1 fully saturated rings. The van der Waals surface area contributed by atoms with E-state index in [0.29, 0.717) is 5.95 Å². The average Bonchev–Trinajstić information content (AvgIpc) is 3.19. The molecule has 20 heavy (non-hydrogen) atoms. The summed E-state index contributed by atoms with van der Waals surface area (Å²) in [6.07, 6.45) is 5.94. The zero-order valence-corrected chi connectivity index (χ0v) is 12.7. The molecule has 0 bridgehead atoms. The highest BCUT2D eigenvalue weighted by atomic mass is 32.2. The highest BCUT2D eigenvalue weighted by molar-refractivity contribution is 7.99. The quantitative estimate of drug-likeness (QED) is 0.940. The normalized spacial score (nSPS) is 15.6. The maximum Gasteiger partial charge on any atom is 0.249 e. The molecule has 1 aliphatic rings. The van der Waals surface area contributed by atoms with E-state index in [4.69, 9.17) is 0 Å². The number of fused-ring (bicyclic) bond motifs is 1. The summed E-state index contributed by atoms with van der Waals surface area (Å²) in [6, 6.07) is 4.07. The zero-order chi connectivity index (χ0) is 14.3. The van der Waals surface area contributed by atoms with Crippen LogP contribution < -0.4 is 5.32 Å². The van der Waals surface area contributed by atoms with Crippen molar-refractivity contribution in [2.24, 2.45) is 5.92 Å². The number of hydrogen-bond donors (Lipinski definition) is 1. The van der Waals surface area contributed by atoms with Crippen LogP contribution in [0.4, 0.5) is 5.95 Å². The monoisotopic (exact) mass is 290 g/mol. The number of pyridine rings is 1. The minimum atomic E-state index is 0.0329. The molecule has 2 aromatic rings. The highest BCUT2D eigenvalue weighted by Gasteiger charge is 2.30. The minimum absolute atomic E-state index is 0.0329. The molecule has 2 heterocycles. The van der Waals surface area contributed by atoms with E-state index in [0.717, 1.165) is 18.5 Å². The molecule has 0 aliphatic heterocycles. The average molecular weight is 290 g/mol. The second-order valence-corrected chi connectivity index (χ2v) is 7.06. The second-order valence-electron chi connectivity index (χ2n) is 5.63. The maximum atomic E-state index is 11.7. The predicted molar refractivity (Wildman–Crippen MR) is 80.9 cm³/mol. The van der Waals surface area contributed by atoms with Gasteiger partial charge < -0.3 is 0 Å². The molecule has 5 nitrogen and oxygen atoms in total. The second kappa shape index (κ2) is 4.77. The number of nitrogens with one attached hydrogen (secondary N) is 1. The molecular formula is C14H18N4OS. The van der Waals surface area contributed by atoms with Crippen molar-refractivity contribution in [3.05, 3.63) is 23.9 Å². The van der Waals surface area contributed by atoms with Crippen LogP contribution in [0.15, 0.2) is 18.3 Å². The van der Waals surface area contributed by atoms with Gasteiger partial charge in [0.25, 0.3) is 0 Å². The number of nitrogens with zero attached hydrogens (tertiary/aromatic N) is 3. The van der Waals surface area contributed by atoms with E-state index in [1.165, 1.54) is 5.56 Å². The van der Waals surface area contributed by atoms with Crippen LogP contribution in [0, 0.1) is 5.92 Å². The van der Waals surface area contributed by atoms with Gasteiger partial charge in [0, 0.05) is 16.9 Å². The molecule has 0 spiro atoms. The Kier molecular flexibility index (Phi) is 3.20. The third-order valence-corrected chi connectivity index (χ3v) is 4.98. The van der Waals surface area contributed by atoms with E-state index in [1.807, 2.05) is 18.3 Å². The number of amides is 1. The molecule has 0 aromatic carbocycles. The Balaban J connectivity index is 1.88. The van der Waals surface area contributed by atoms with Crippen molar-refractivity contribution >= 4 is 29.3 Å². The Labute approximate surface area is 122 Å². The summed E-state index contributed by atoms with van der Waals surface area (Å²) < 4.78 is 1.73. The van der Waals surface area contributed by atoms with Gasteiger partial charge in [-0.1, -0.05) is 0 Å². The zero-order valence-electron chi connectivity index (χ0n) is 11.9. The van der Waals surface area contributed by atoms with E-state index in [-0.39, 0.29) is 16.6 Å². The molecule has 1 N–H and O–H groups in total. The molecule has 3 rings (SSSR count). The van der Waals surface area contributed by atoms with Crippen molar-refractivity contribution in [2.75, 3.05) is 11.6 Å². The molecule has 2 aromatic heterocycles. The molecule has 106 valence electrons. The topological polar surface area (TPSA) is 59.3 Å². The van der Waals surface area contributed by atoms with Gasteiger partial charge in [-0.05, 0) is 50.6 Å². The summed E-state index contributed by atoms with van der Waals surface area (Å²) in [6.45, 7) is 4.35. The van der Waals surface area contributed by atoms with Crippen molar-refractivity contribution in [1.82, 2.24) is 14.6 Å². The highest BCUT2D eigenvalue weighted by Crippen LogP contribution is 2.34. The van der Waals surface area contributed by atoms with E-state index < -0.39 is 0 Å². The van der Waals surface area contributed by atoms with Gasteiger partial charge in [0.2, 0.25) is 11.9 Å². The van der Waals surface area contributed by atoms with Crippen molar-refractivity contribution in [3.63, 3.8) is 0 Å². The van der Waals surface area contributed by atoms with Gasteiger partial charge >= 0.3 is 0 Å². The van der Waals surface area contributed by atoms with Crippen LogP contribution in [0.5, 0.6) is 0 Å². The molecule has 1 saturated carbocycles. The molecule has 6 heteroatoms. The fourth-order valence-electron chi connectivity index (χ4n) is 1.98. The predicted octanol–water partition coefficient (Wildman–Crippen LogP) is 2.68. The van der Waals surface area contributed by atoms with Crippen LogP contribution in [0.3, 0.4) is 0 Å². The molecular weight excluding hydrogens is 272 g/mol. The third kappa shape index (κ3) is 2.52. The first-order valence-electron chi connectivity index (χ1n) is 6.72. The number of aromatic nitrogens is 3. The van der Waals surface area contributed by atoms with Crippen LogP contribution in [-0.4, -0.2) is 26.8 Å². The summed E-state index contributed by atoms with van der Waals surface area (Å²) in [5.74, 6) is 0.583. The summed E-state index contributed by atoms with van der Waals surface area (Å²) in [7, 11) is 0. The van der Waals surface area contributed by atoms with Gasteiger partial charge in [0.1, 0.15) is 0 Å². The summed E-state index contributed by atoms with van der Waals surface area (Å²) in [5, 5.41) is 7.06. The Morgan fingerprint density at radius 1 is 1.50 bits per heavy atom. The number of anilines is 1. The Morgan fingerprint density at radius 3 is 2.90 bits per heavy atom. The van der Waals surface area contributed by atoms with Gasteiger partial charge in [0.05, 0.1) is 0 Å². The van der Waals surface area contributed by atoms with Crippen molar-refractivity contribution in [3.8, 4) is 0 Å². The lowest BCUT2D eigenvalue weighted by Crippen LogP contribution is -2.14. The van der Waals surface area contributed by atoms with Gasteiger partial charge in [0.15, 0.2) is 5.65 Å².